The number of aryl methyl sites for hydroxylation is 1. The van der Waals surface area contributed by atoms with E-state index in [1.807, 2.05) is 29.2 Å². The van der Waals surface area contributed by atoms with Crippen molar-refractivity contribution in [2.45, 2.75) is 25.7 Å². The molecule has 5 nitrogen and oxygen atoms in total. The maximum absolute atomic E-state index is 12.3. The number of hydrogen-bond acceptors (Lipinski definition) is 3. The van der Waals surface area contributed by atoms with Crippen LogP contribution >= 0.6 is 15.9 Å². The maximum atomic E-state index is 12.3. The summed E-state index contributed by atoms with van der Waals surface area (Å²) in [6, 6.07) is 9.67. The highest BCUT2D eigenvalue weighted by atomic mass is 79.9. The number of nitrogens with zero attached hydrogens (tertiary/aromatic N) is 1. The lowest BCUT2D eigenvalue weighted by molar-refractivity contribution is -0.121. The van der Waals surface area contributed by atoms with Gasteiger partial charge in [0.2, 0.25) is 5.91 Å². The zero-order valence-corrected chi connectivity index (χ0v) is 16.2. The first-order chi connectivity index (χ1) is 12.6. The third kappa shape index (κ3) is 4.97. The molecule has 0 saturated carbocycles. The Kier molecular flexibility index (Phi) is 6.50. The molecule has 0 unspecified atom stereocenters. The van der Waals surface area contributed by atoms with Crippen LogP contribution in [-0.4, -0.2) is 36.3 Å². The number of furan rings is 1. The molecule has 138 valence electrons. The van der Waals surface area contributed by atoms with Crippen LogP contribution in [0.4, 0.5) is 0 Å². The van der Waals surface area contributed by atoms with Crippen LogP contribution in [-0.2, 0) is 11.2 Å². The molecule has 0 bridgehead atoms. The van der Waals surface area contributed by atoms with E-state index in [1.165, 1.54) is 12.5 Å². The Bertz CT molecular complexity index is 737. The minimum atomic E-state index is 0.0228. The molecule has 0 aliphatic carbocycles. The summed E-state index contributed by atoms with van der Waals surface area (Å²) in [7, 11) is 0. The van der Waals surface area contributed by atoms with Crippen LogP contribution in [0.1, 0.15) is 35.2 Å². The van der Waals surface area contributed by atoms with Crippen molar-refractivity contribution >= 4 is 27.7 Å². The lowest BCUT2D eigenvalue weighted by Crippen LogP contribution is -2.41. The highest BCUT2D eigenvalue weighted by molar-refractivity contribution is 9.10. The van der Waals surface area contributed by atoms with Crippen molar-refractivity contribution in [2.24, 2.45) is 5.92 Å². The Morgan fingerprint density at radius 2 is 1.96 bits per heavy atom. The van der Waals surface area contributed by atoms with E-state index >= 15 is 0 Å². The molecule has 1 N–H and O–H groups in total. The molecule has 1 fully saturated rings. The number of carbonyl (C=O) groups is 2. The molecule has 2 amide bonds. The molecule has 1 aliphatic rings. The van der Waals surface area contributed by atoms with E-state index in [1.54, 1.807) is 6.07 Å². The first-order valence-corrected chi connectivity index (χ1v) is 9.74. The Labute approximate surface area is 161 Å². The number of nitrogens with one attached hydrogen (secondary N) is 1. The number of benzene rings is 1. The third-order valence-corrected chi connectivity index (χ3v) is 5.61. The van der Waals surface area contributed by atoms with Crippen molar-refractivity contribution in [3.05, 3.63) is 58.5 Å². The minimum Gasteiger partial charge on any atom is -0.472 e. The quantitative estimate of drug-likeness (QED) is 0.778. The van der Waals surface area contributed by atoms with Crippen LogP contribution in [0.15, 0.2) is 51.7 Å². The van der Waals surface area contributed by atoms with Gasteiger partial charge in [-0.3, -0.25) is 9.59 Å². The van der Waals surface area contributed by atoms with Gasteiger partial charge in [0, 0.05) is 30.5 Å². The van der Waals surface area contributed by atoms with E-state index in [4.69, 9.17) is 4.42 Å². The molecule has 2 aromatic rings. The number of piperidine rings is 1. The number of hydrogen-bond donors (Lipinski definition) is 1. The Morgan fingerprint density at radius 1 is 1.19 bits per heavy atom. The monoisotopic (exact) mass is 418 g/mol. The first kappa shape index (κ1) is 18.7. The second-order valence-corrected chi connectivity index (χ2v) is 7.50. The average molecular weight is 419 g/mol. The highest BCUT2D eigenvalue weighted by Crippen LogP contribution is 2.19. The molecule has 3 rings (SSSR count). The van der Waals surface area contributed by atoms with Gasteiger partial charge in [-0.2, -0.15) is 0 Å². The van der Waals surface area contributed by atoms with Gasteiger partial charge in [0.25, 0.3) is 5.91 Å². The van der Waals surface area contributed by atoms with E-state index in [0.717, 1.165) is 42.4 Å². The SMILES string of the molecule is O=C(CCc1ccccc1Br)NCC1CCN(C(=O)c2ccoc2)CC1. The standard InChI is InChI=1S/C20H23BrN2O3/c21-18-4-2-1-3-16(18)5-6-19(24)22-13-15-7-10-23(11-8-15)20(25)17-9-12-26-14-17/h1-4,9,12,14-15H,5-8,10-11,13H2,(H,22,24). The smallest absolute Gasteiger partial charge is 0.257 e. The lowest BCUT2D eigenvalue weighted by atomic mass is 9.96. The molecule has 1 aromatic heterocycles. The molecule has 2 heterocycles. The van der Waals surface area contributed by atoms with Crippen molar-refractivity contribution in [3.8, 4) is 0 Å². The topological polar surface area (TPSA) is 62.6 Å². The summed E-state index contributed by atoms with van der Waals surface area (Å²) in [5.41, 5.74) is 1.75. The van der Waals surface area contributed by atoms with Gasteiger partial charge in [-0.15, -0.1) is 0 Å². The number of halogens is 1. The molecule has 0 atom stereocenters. The molecule has 1 saturated heterocycles. The second kappa shape index (κ2) is 9.03. The predicted octanol–water partition coefficient (Wildman–Crippen LogP) is 3.64. The number of rotatable bonds is 6. The fourth-order valence-electron chi connectivity index (χ4n) is 3.20. The van der Waals surface area contributed by atoms with Gasteiger partial charge in [-0.1, -0.05) is 34.1 Å². The summed E-state index contributed by atoms with van der Waals surface area (Å²) in [4.78, 5) is 26.2. The third-order valence-electron chi connectivity index (χ3n) is 4.84. The van der Waals surface area contributed by atoms with Gasteiger partial charge in [-0.05, 0) is 42.9 Å². The molecular weight excluding hydrogens is 396 g/mol. The molecule has 26 heavy (non-hydrogen) atoms. The van der Waals surface area contributed by atoms with Gasteiger partial charge in [0.05, 0.1) is 11.8 Å². The van der Waals surface area contributed by atoms with Crippen molar-refractivity contribution in [3.63, 3.8) is 0 Å². The molecule has 0 radical (unpaired) electrons. The van der Waals surface area contributed by atoms with Gasteiger partial charge < -0.3 is 14.6 Å². The van der Waals surface area contributed by atoms with E-state index in [0.29, 0.717) is 24.4 Å². The molecule has 1 aliphatic heterocycles. The van der Waals surface area contributed by atoms with E-state index < -0.39 is 0 Å². The number of amides is 2. The van der Waals surface area contributed by atoms with Crippen molar-refractivity contribution < 1.29 is 14.0 Å². The Hall–Kier alpha value is -2.08. The molecule has 0 spiro atoms. The zero-order valence-electron chi connectivity index (χ0n) is 14.6. The number of carbonyl (C=O) groups excluding carboxylic acids is 2. The summed E-state index contributed by atoms with van der Waals surface area (Å²) in [6.45, 7) is 2.13. The average Bonchev–Trinajstić information content (AvgIpc) is 3.20. The minimum absolute atomic E-state index is 0.0228. The van der Waals surface area contributed by atoms with Crippen LogP contribution in [0.25, 0.3) is 0 Å². The van der Waals surface area contributed by atoms with Gasteiger partial charge in [0.15, 0.2) is 0 Å². The molecule has 6 heteroatoms. The van der Waals surface area contributed by atoms with Crippen LogP contribution in [0.2, 0.25) is 0 Å². The van der Waals surface area contributed by atoms with Crippen molar-refractivity contribution in [1.82, 2.24) is 10.2 Å². The lowest BCUT2D eigenvalue weighted by Gasteiger charge is -2.31. The largest absolute Gasteiger partial charge is 0.472 e. The van der Waals surface area contributed by atoms with Gasteiger partial charge >= 0.3 is 0 Å². The summed E-state index contributed by atoms with van der Waals surface area (Å²) in [5.74, 6) is 0.531. The number of likely N-dealkylation sites (tertiary alicyclic amines) is 1. The van der Waals surface area contributed by atoms with Crippen LogP contribution in [0.3, 0.4) is 0 Å². The van der Waals surface area contributed by atoms with Crippen LogP contribution < -0.4 is 5.32 Å². The fourth-order valence-corrected chi connectivity index (χ4v) is 3.69. The Balaban J connectivity index is 1.36. The first-order valence-electron chi connectivity index (χ1n) is 8.95. The second-order valence-electron chi connectivity index (χ2n) is 6.64. The van der Waals surface area contributed by atoms with Crippen molar-refractivity contribution in [1.29, 1.82) is 0 Å². The summed E-state index contributed by atoms with van der Waals surface area (Å²) >= 11 is 3.51. The summed E-state index contributed by atoms with van der Waals surface area (Å²) < 4.78 is 6.02. The fraction of sp³-hybridized carbons (Fsp3) is 0.400. The molecule has 1 aromatic carbocycles. The van der Waals surface area contributed by atoms with E-state index in [9.17, 15) is 9.59 Å². The van der Waals surface area contributed by atoms with Gasteiger partial charge in [-0.25, -0.2) is 0 Å². The summed E-state index contributed by atoms with van der Waals surface area (Å²) in [6.07, 6.45) is 6.04. The van der Waals surface area contributed by atoms with E-state index in [2.05, 4.69) is 21.2 Å². The van der Waals surface area contributed by atoms with Crippen LogP contribution in [0.5, 0.6) is 0 Å². The normalized spacial score (nSPS) is 15.0. The highest BCUT2D eigenvalue weighted by Gasteiger charge is 2.24. The molecular formula is C20H23BrN2O3. The summed E-state index contributed by atoms with van der Waals surface area (Å²) in [5, 5.41) is 3.04. The predicted molar refractivity (Wildman–Crippen MR) is 103 cm³/mol. The Morgan fingerprint density at radius 3 is 2.65 bits per heavy atom. The van der Waals surface area contributed by atoms with Gasteiger partial charge in [0.1, 0.15) is 6.26 Å². The van der Waals surface area contributed by atoms with Crippen molar-refractivity contribution in [2.75, 3.05) is 19.6 Å². The zero-order chi connectivity index (χ0) is 18.4. The maximum Gasteiger partial charge on any atom is 0.257 e. The van der Waals surface area contributed by atoms with Crippen LogP contribution in [0, 0.1) is 5.92 Å². The van der Waals surface area contributed by atoms with E-state index in [-0.39, 0.29) is 11.8 Å².